The molecular weight excluding hydrogens is 378 g/mol. The molecule has 3 rings (SSSR count). The summed E-state index contributed by atoms with van der Waals surface area (Å²) in [6, 6.07) is 13.2. The van der Waals surface area contributed by atoms with Gasteiger partial charge in [-0.25, -0.2) is 12.7 Å². The van der Waals surface area contributed by atoms with Gasteiger partial charge in [0.25, 0.3) is 5.91 Å². The fourth-order valence-electron chi connectivity index (χ4n) is 2.95. The normalized spacial score (nSPS) is 13.8. The van der Waals surface area contributed by atoms with Crippen molar-refractivity contribution in [2.45, 2.75) is 11.3 Å². The van der Waals surface area contributed by atoms with E-state index >= 15 is 0 Å². The zero-order chi connectivity index (χ0) is 20.5. The van der Waals surface area contributed by atoms with Crippen LogP contribution in [-0.4, -0.2) is 50.1 Å². The number of hydrogen-bond donors (Lipinski definition) is 1. The number of carbonyl (C=O) groups excluding carboxylic acids is 2. The lowest BCUT2D eigenvalue weighted by Crippen LogP contribution is -2.27. The standard InChI is InChI=1S/C20H21N3O4S/c1-14-17-9-4-5-10-18(17)20(25)23(14)12-11-19(24)21-15-7-6-8-16(13-15)28(26,27)22(2)3/h4-10,13H,1,11-12H2,2-3H3,(H,21,24). The minimum atomic E-state index is -3.59. The molecule has 2 aromatic rings. The van der Waals surface area contributed by atoms with E-state index < -0.39 is 10.0 Å². The average Bonchev–Trinajstić information content (AvgIpc) is 2.91. The molecule has 0 aliphatic carbocycles. The number of rotatable bonds is 6. The molecule has 7 nitrogen and oxygen atoms in total. The van der Waals surface area contributed by atoms with Crippen molar-refractivity contribution in [3.8, 4) is 0 Å². The van der Waals surface area contributed by atoms with Crippen LogP contribution in [0.1, 0.15) is 22.3 Å². The van der Waals surface area contributed by atoms with Crippen LogP contribution >= 0.6 is 0 Å². The van der Waals surface area contributed by atoms with Crippen LogP contribution in [0.5, 0.6) is 0 Å². The number of amides is 2. The zero-order valence-corrected chi connectivity index (χ0v) is 16.5. The van der Waals surface area contributed by atoms with Gasteiger partial charge in [-0.15, -0.1) is 0 Å². The second-order valence-corrected chi connectivity index (χ2v) is 8.71. The fourth-order valence-corrected chi connectivity index (χ4v) is 3.90. The molecule has 0 aromatic heterocycles. The van der Waals surface area contributed by atoms with Crippen LogP contribution in [-0.2, 0) is 14.8 Å². The molecule has 28 heavy (non-hydrogen) atoms. The van der Waals surface area contributed by atoms with Crippen molar-refractivity contribution in [2.24, 2.45) is 0 Å². The minimum Gasteiger partial charge on any atom is -0.326 e. The number of anilines is 1. The van der Waals surface area contributed by atoms with E-state index in [1.165, 1.54) is 31.1 Å². The van der Waals surface area contributed by atoms with Crippen molar-refractivity contribution < 1.29 is 18.0 Å². The van der Waals surface area contributed by atoms with E-state index in [2.05, 4.69) is 11.9 Å². The van der Waals surface area contributed by atoms with Crippen LogP contribution in [0.15, 0.2) is 60.0 Å². The minimum absolute atomic E-state index is 0.0589. The van der Waals surface area contributed by atoms with Gasteiger partial charge in [0.2, 0.25) is 15.9 Å². The summed E-state index contributed by atoms with van der Waals surface area (Å²) in [4.78, 5) is 26.3. The van der Waals surface area contributed by atoms with Crippen LogP contribution in [0.25, 0.3) is 5.70 Å². The summed E-state index contributed by atoms with van der Waals surface area (Å²) in [6.45, 7) is 4.13. The summed E-state index contributed by atoms with van der Waals surface area (Å²) in [5.41, 5.74) is 2.30. The van der Waals surface area contributed by atoms with E-state index in [9.17, 15) is 18.0 Å². The Labute approximate surface area is 164 Å². The Morgan fingerprint density at radius 3 is 2.43 bits per heavy atom. The van der Waals surface area contributed by atoms with Gasteiger partial charge in [-0.3, -0.25) is 9.59 Å². The summed E-state index contributed by atoms with van der Waals surface area (Å²) in [7, 11) is -0.702. The maximum atomic E-state index is 12.5. The Morgan fingerprint density at radius 2 is 1.79 bits per heavy atom. The highest BCUT2D eigenvalue weighted by Crippen LogP contribution is 2.31. The molecule has 1 aliphatic rings. The van der Waals surface area contributed by atoms with Crippen molar-refractivity contribution in [1.82, 2.24) is 9.21 Å². The predicted octanol–water partition coefficient (Wildman–Crippen LogP) is 2.39. The Balaban J connectivity index is 1.65. The van der Waals surface area contributed by atoms with E-state index in [1.807, 2.05) is 12.1 Å². The smallest absolute Gasteiger partial charge is 0.258 e. The Bertz CT molecular complexity index is 1030. The summed E-state index contributed by atoms with van der Waals surface area (Å²) in [6.07, 6.45) is 0.0589. The quantitative estimate of drug-likeness (QED) is 0.808. The van der Waals surface area contributed by atoms with Crippen LogP contribution in [0, 0.1) is 0 Å². The van der Waals surface area contributed by atoms with Crippen molar-refractivity contribution in [3.63, 3.8) is 0 Å². The third-order valence-electron chi connectivity index (χ3n) is 4.50. The Hall–Kier alpha value is -2.97. The van der Waals surface area contributed by atoms with E-state index in [-0.39, 0.29) is 29.7 Å². The van der Waals surface area contributed by atoms with E-state index in [0.29, 0.717) is 16.9 Å². The zero-order valence-electron chi connectivity index (χ0n) is 15.7. The van der Waals surface area contributed by atoms with Crippen LogP contribution < -0.4 is 5.32 Å². The molecule has 0 atom stereocenters. The van der Waals surface area contributed by atoms with Gasteiger partial charge in [0, 0.05) is 49.6 Å². The molecule has 8 heteroatoms. The molecule has 1 heterocycles. The molecule has 146 valence electrons. The first-order valence-electron chi connectivity index (χ1n) is 8.64. The van der Waals surface area contributed by atoms with Gasteiger partial charge in [0.1, 0.15) is 0 Å². The fraction of sp³-hybridized carbons (Fsp3) is 0.200. The second-order valence-electron chi connectivity index (χ2n) is 6.56. The average molecular weight is 399 g/mol. The second kappa shape index (κ2) is 7.57. The first kappa shape index (κ1) is 19.8. The van der Waals surface area contributed by atoms with Crippen molar-refractivity contribution >= 4 is 33.2 Å². The summed E-state index contributed by atoms with van der Waals surface area (Å²) in [5, 5.41) is 2.68. The van der Waals surface area contributed by atoms with E-state index in [1.54, 1.807) is 24.3 Å². The van der Waals surface area contributed by atoms with Crippen molar-refractivity contribution in [1.29, 1.82) is 0 Å². The number of hydrogen-bond acceptors (Lipinski definition) is 4. The van der Waals surface area contributed by atoms with Crippen molar-refractivity contribution in [3.05, 3.63) is 66.2 Å². The summed E-state index contributed by atoms with van der Waals surface area (Å²) < 4.78 is 25.5. The van der Waals surface area contributed by atoms with E-state index in [0.717, 1.165) is 9.87 Å². The van der Waals surface area contributed by atoms with Crippen molar-refractivity contribution in [2.75, 3.05) is 26.0 Å². The lowest BCUT2D eigenvalue weighted by molar-refractivity contribution is -0.116. The highest BCUT2D eigenvalue weighted by molar-refractivity contribution is 7.89. The SMILES string of the molecule is C=C1c2ccccc2C(=O)N1CCC(=O)Nc1cccc(S(=O)(=O)N(C)C)c1. The molecule has 2 amide bonds. The maximum Gasteiger partial charge on any atom is 0.258 e. The first-order chi connectivity index (χ1) is 13.2. The topological polar surface area (TPSA) is 86.8 Å². The third kappa shape index (κ3) is 3.69. The Morgan fingerprint density at radius 1 is 1.11 bits per heavy atom. The largest absolute Gasteiger partial charge is 0.326 e. The predicted molar refractivity (Wildman–Crippen MR) is 107 cm³/mol. The van der Waals surface area contributed by atoms with Crippen LogP contribution in [0.2, 0.25) is 0 Å². The number of sulfonamides is 1. The number of carbonyl (C=O) groups is 2. The highest BCUT2D eigenvalue weighted by Gasteiger charge is 2.30. The van der Waals surface area contributed by atoms with E-state index in [4.69, 9.17) is 0 Å². The molecule has 1 aliphatic heterocycles. The molecule has 0 saturated heterocycles. The molecular formula is C20H21N3O4S. The molecule has 0 bridgehead atoms. The molecule has 0 saturated carbocycles. The lowest BCUT2D eigenvalue weighted by Gasteiger charge is -2.17. The monoisotopic (exact) mass is 399 g/mol. The number of benzene rings is 2. The maximum absolute atomic E-state index is 12.5. The van der Waals surface area contributed by atoms with Gasteiger partial charge in [-0.1, -0.05) is 30.8 Å². The summed E-state index contributed by atoms with van der Waals surface area (Å²) >= 11 is 0. The van der Waals surface area contributed by atoms with Gasteiger partial charge in [-0.05, 0) is 24.3 Å². The molecule has 0 fully saturated rings. The molecule has 0 unspecified atom stereocenters. The van der Waals surface area contributed by atoms with Gasteiger partial charge in [0.15, 0.2) is 0 Å². The van der Waals surface area contributed by atoms with Gasteiger partial charge < -0.3 is 10.2 Å². The van der Waals surface area contributed by atoms with Crippen LogP contribution in [0.4, 0.5) is 5.69 Å². The Kier molecular flexibility index (Phi) is 5.35. The molecule has 0 radical (unpaired) electrons. The molecule has 1 N–H and O–H groups in total. The van der Waals surface area contributed by atoms with Crippen LogP contribution in [0.3, 0.4) is 0 Å². The molecule has 0 spiro atoms. The first-order valence-corrected chi connectivity index (χ1v) is 10.1. The van der Waals surface area contributed by atoms with Gasteiger partial charge in [0.05, 0.1) is 4.90 Å². The van der Waals surface area contributed by atoms with Gasteiger partial charge >= 0.3 is 0 Å². The number of nitrogens with zero attached hydrogens (tertiary/aromatic N) is 2. The van der Waals surface area contributed by atoms with Gasteiger partial charge in [-0.2, -0.15) is 0 Å². The molecule has 2 aromatic carbocycles. The third-order valence-corrected chi connectivity index (χ3v) is 6.31. The summed E-state index contributed by atoms with van der Waals surface area (Å²) in [5.74, 6) is -0.497. The number of fused-ring (bicyclic) bond motifs is 1. The number of nitrogens with one attached hydrogen (secondary N) is 1. The lowest BCUT2D eigenvalue weighted by atomic mass is 10.1. The highest BCUT2D eigenvalue weighted by atomic mass is 32.2.